The largest absolute Gasteiger partial charge is 0.497 e. The van der Waals surface area contributed by atoms with E-state index in [1.54, 1.807) is 13.2 Å². The molecule has 1 aromatic carbocycles. The van der Waals surface area contributed by atoms with Gasteiger partial charge in [-0.1, -0.05) is 6.07 Å². The lowest BCUT2D eigenvalue weighted by molar-refractivity contribution is -0.135. The highest BCUT2D eigenvalue weighted by atomic mass is 16.5. The molecule has 1 fully saturated rings. The average molecular weight is 368 g/mol. The molecular weight excluding hydrogens is 344 g/mol. The Kier molecular flexibility index (Phi) is 4.59. The Morgan fingerprint density at radius 1 is 1.33 bits per heavy atom. The Morgan fingerprint density at radius 2 is 2.19 bits per heavy atom. The lowest BCUT2D eigenvalue weighted by Crippen LogP contribution is -2.49. The van der Waals surface area contributed by atoms with Crippen molar-refractivity contribution in [3.05, 3.63) is 41.7 Å². The first-order valence-electron chi connectivity index (χ1n) is 9.26. The van der Waals surface area contributed by atoms with Gasteiger partial charge in [0.15, 0.2) is 6.61 Å². The number of nitrogens with two attached hydrogens (primary N) is 1. The second kappa shape index (κ2) is 7.06. The van der Waals surface area contributed by atoms with Gasteiger partial charge in [-0.3, -0.25) is 4.79 Å². The van der Waals surface area contributed by atoms with Gasteiger partial charge in [0.1, 0.15) is 11.5 Å². The van der Waals surface area contributed by atoms with Crippen molar-refractivity contribution in [2.24, 2.45) is 0 Å². The number of aromatic nitrogens is 2. The number of fused-ring (bicyclic) bond motifs is 2. The highest BCUT2D eigenvalue weighted by molar-refractivity contribution is 5.78. The first-order valence-corrected chi connectivity index (χ1v) is 9.26. The minimum Gasteiger partial charge on any atom is -0.497 e. The zero-order valence-corrected chi connectivity index (χ0v) is 15.5. The van der Waals surface area contributed by atoms with Crippen molar-refractivity contribution in [1.82, 2.24) is 14.9 Å². The number of anilines is 1. The molecule has 2 aromatic rings. The number of amides is 1. The molecule has 2 N–H and O–H groups in total. The fourth-order valence-electron chi connectivity index (χ4n) is 4.22. The van der Waals surface area contributed by atoms with Crippen LogP contribution in [0.2, 0.25) is 0 Å². The summed E-state index contributed by atoms with van der Waals surface area (Å²) >= 11 is 0. The van der Waals surface area contributed by atoms with Crippen molar-refractivity contribution in [3.8, 4) is 11.5 Å². The third kappa shape index (κ3) is 3.41. The molecule has 1 saturated heterocycles. The van der Waals surface area contributed by atoms with E-state index in [1.165, 1.54) is 0 Å². The van der Waals surface area contributed by atoms with Crippen molar-refractivity contribution < 1.29 is 14.3 Å². The minimum atomic E-state index is -0.101. The van der Waals surface area contributed by atoms with Crippen molar-refractivity contribution in [2.75, 3.05) is 32.5 Å². The maximum Gasteiger partial charge on any atom is 0.260 e. The van der Waals surface area contributed by atoms with Gasteiger partial charge in [-0.15, -0.1) is 0 Å². The van der Waals surface area contributed by atoms with Gasteiger partial charge in [0, 0.05) is 30.8 Å². The monoisotopic (exact) mass is 368 g/mol. The number of benzene rings is 1. The molecule has 142 valence electrons. The number of piperidine rings is 1. The first kappa shape index (κ1) is 17.6. The summed E-state index contributed by atoms with van der Waals surface area (Å²) in [7, 11) is 1.60. The van der Waals surface area contributed by atoms with E-state index in [9.17, 15) is 4.79 Å². The lowest BCUT2D eigenvalue weighted by Gasteiger charge is -2.40. The molecule has 1 aliphatic heterocycles. The Balaban J connectivity index is 1.44. The molecule has 27 heavy (non-hydrogen) atoms. The maximum atomic E-state index is 12.8. The van der Waals surface area contributed by atoms with Gasteiger partial charge in [0.2, 0.25) is 5.95 Å². The average Bonchev–Trinajstić information content (AvgIpc) is 3.03. The van der Waals surface area contributed by atoms with E-state index >= 15 is 0 Å². The Hall–Kier alpha value is -2.83. The number of carbonyl (C=O) groups is 1. The van der Waals surface area contributed by atoms with Crippen molar-refractivity contribution >= 4 is 11.9 Å². The molecule has 1 aromatic heterocycles. The quantitative estimate of drug-likeness (QED) is 0.887. The highest BCUT2D eigenvalue weighted by Crippen LogP contribution is 2.44. The molecule has 7 nitrogen and oxygen atoms in total. The van der Waals surface area contributed by atoms with Gasteiger partial charge in [-0.2, -0.15) is 0 Å². The summed E-state index contributed by atoms with van der Waals surface area (Å²) in [5.74, 6) is 1.63. The van der Waals surface area contributed by atoms with Crippen LogP contribution in [0.25, 0.3) is 0 Å². The van der Waals surface area contributed by atoms with Gasteiger partial charge >= 0.3 is 0 Å². The summed E-state index contributed by atoms with van der Waals surface area (Å²) in [6.45, 7) is 1.43. The van der Waals surface area contributed by atoms with Gasteiger partial charge in [0.05, 0.1) is 12.8 Å². The normalized spacial score (nSPS) is 21.1. The predicted octanol–water partition coefficient (Wildman–Crippen LogP) is 1.95. The van der Waals surface area contributed by atoms with Crippen LogP contribution < -0.4 is 15.2 Å². The van der Waals surface area contributed by atoms with Crippen LogP contribution in [0.1, 0.15) is 30.5 Å². The molecule has 0 radical (unpaired) electrons. The molecule has 7 heteroatoms. The number of hydrogen-bond acceptors (Lipinski definition) is 6. The number of nitrogen functional groups attached to an aromatic ring is 1. The molecule has 4 rings (SSSR count). The van der Waals surface area contributed by atoms with Gasteiger partial charge < -0.3 is 20.1 Å². The number of hydrogen-bond donors (Lipinski definition) is 1. The molecule has 0 saturated carbocycles. The minimum absolute atomic E-state index is 0.00706. The Bertz CT molecular complexity index is 853. The molecule has 1 amide bonds. The fraction of sp³-hybridized carbons (Fsp3) is 0.450. The number of likely N-dealkylation sites (tertiary alicyclic amines) is 1. The van der Waals surface area contributed by atoms with Crippen LogP contribution in [0.4, 0.5) is 5.95 Å². The molecule has 1 unspecified atom stereocenters. The van der Waals surface area contributed by atoms with Crippen molar-refractivity contribution in [2.45, 2.75) is 31.1 Å². The van der Waals surface area contributed by atoms with E-state index in [0.29, 0.717) is 24.0 Å². The topological polar surface area (TPSA) is 90.6 Å². The Morgan fingerprint density at radius 3 is 3.04 bits per heavy atom. The summed E-state index contributed by atoms with van der Waals surface area (Å²) in [5, 5.41) is 0. The number of ether oxygens (including phenoxy) is 2. The van der Waals surface area contributed by atoms with E-state index in [-0.39, 0.29) is 17.9 Å². The fourth-order valence-corrected chi connectivity index (χ4v) is 4.22. The second-order valence-corrected chi connectivity index (χ2v) is 7.27. The summed E-state index contributed by atoms with van der Waals surface area (Å²) in [4.78, 5) is 23.3. The number of carbonyl (C=O) groups excluding carboxylic acids is 1. The highest BCUT2D eigenvalue weighted by Gasteiger charge is 2.44. The molecular formula is C20H24N4O3. The molecule has 0 bridgehead atoms. The molecule has 2 heterocycles. The summed E-state index contributed by atoms with van der Waals surface area (Å²) in [6, 6.07) is 7.28. The van der Waals surface area contributed by atoms with Crippen LogP contribution in [0.3, 0.4) is 0 Å². The lowest BCUT2D eigenvalue weighted by atomic mass is 9.77. The summed E-state index contributed by atoms with van der Waals surface area (Å²) < 4.78 is 10.9. The SMILES string of the molecule is COc1cccc(OCC(=O)N2CCCC3(CCc4cnc(N)nc43)C2)c1. The molecule has 1 spiro atoms. The van der Waals surface area contributed by atoms with E-state index in [2.05, 4.69) is 9.97 Å². The van der Waals surface area contributed by atoms with Gasteiger partial charge in [-0.05, 0) is 43.4 Å². The van der Waals surface area contributed by atoms with Crippen LogP contribution in [-0.4, -0.2) is 47.6 Å². The van der Waals surface area contributed by atoms with Crippen molar-refractivity contribution in [3.63, 3.8) is 0 Å². The van der Waals surface area contributed by atoms with Crippen LogP contribution in [0.15, 0.2) is 30.5 Å². The third-order valence-electron chi connectivity index (χ3n) is 5.59. The van der Waals surface area contributed by atoms with E-state index in [0.717, 1.165) is 43.5 Å². The second-order valence-electron chi connectivity index (χ2n) is 7.27. The van der Waals surface area contributed by atoms with Crippen LogP contribution in [0.5, 0.6) is 11.5 Å². The van der Waals surface area contributed by atoms with E-state index < -0.39 is 0 Å². The standard InChI is InChI=1S/C20H24N4O3/c1-26-15-4-2-5-16(10-15)27-12-17(25)24-9-3-7-20(13-24)8-6-14-11-22-19(21)23-18(14)20/h2,4-5,10-11H,3,6-9,12-13H2,1H3,(H2,21,22,23). The zero-order valence-electron chi connectivity index (χ0n) is 15.5. The number of methoxy groups -OCH3 is 1. The van der Waals surface area contributed by atoms with Crippen LogP contribution in [0, 0.1) is 0 Å². The number of rotatable bonds is 4. The molecule has 1 atom stereocenters. The predicted molar refractivity (Wildman–Crippen MR) is 101 cm³/mol. The van der Waals surface area contributed by atoms with Crippen molar-refractivity contribution in [1.29, 1.82) is 0 Å². The summed E-state index contributed by atoms with van der Waals surface area (Å²) in [5.41, 5.74) is 7.90. The molecule has 1 aliphatic carbocycles. The van der Waals surface area contributed by atoms with E-state index in [1.807, 2.05) is 29.3 Å². The first-order chi connectivity index (χ1) is 13.1. The van der Waals surface area contributed by atoms with Crippen LogP contribution in [-0.2, 0) is 16.6 Å². The van der Waals surface area contributed by atoms with Crippen LogP contribution >= 0.6 is 0 Å². The summed E-state index contributed by atoms with van der Waals surface area (Å²) in [6.07, 6.45) is 5.74. The Labute approximate surface area is 158 Å². The number of nitrogens with zero attached hydrogens (tertiary/aromatic N) is 3. The molecule has 2 aliphatic rings. The smallest absolute Gasteiger partial charge is 0.260 e. The number of aryl methyl sites for hydroxylation is 1. The maximum absolute atomic E-state index is 12.8. The van der Waals surface area contributed by atoms with Gasteiger partial charge in [-0.25, -0.2) is 9.97 Å². The van der Waals surface area contributed by atoms with E-state index in [4.69, 9.17) is 15.2 Å². The third-order valence-corrected chi connectivity index (χ3v) is 5.59. The zero-order chi connectivity index (χ0) is 18.9. The van der Waals surface area contributed by atoms with Gasteiger partial charge in [0.25, 0.3) is 5.91 Å².